The maximum atomic E-state index is 13.2. The Bertz CT molecular complexity index is 1400. The van der Waals surface area contributed by atoms with Crippen molar-refractivity contribution in [2.24, 2.45) is 0 Å². The minimum atomic E-state index is -2.94. The first kappa shape index (κ1) is 14.1. The molecule has 3 heterocycles. The number of benzene rings is 1. The smallest absolute Gasteiger partial charge is 0.258 e. The van der Waals surface area contributed by atoms with Crippen molar-refractivity contribution in [3.05, 3.63) is 41.7 Å². The molecule has 1 saturated heterocycles. The molecule has 0 bridgehead atoms. The van der Waals surface area contributed by atoms with Crippen molar-refractivity contribution in [3.8, 4) is 23.4 Å². The number of carbonyl (C=O) groups excluding carboxylic acids is 1. The summed E-state index contributed by atoms with van der Waals surface area (Å²) in [4.78, 5) is 17.7. The molecule has 3 aromatic rings. The highest BCUT2D eigenvalue weighted by molar-refractivity contribution is 6.01. The molecule has 1 fully saturated rings. The van der Waals surface area contributed by atoms with Gasteiger partial charge in [0.25, 0.3) is 5.91 Å². The van der Waals surface area contributed by atoms with Gasteiger partial charge >= 0.3 is 0 Å². The third-order valence-electron chi connectivity index (χ3n) is 4.54. The van der Waals surface area contributed by atoms with Crippen LogP contribution < -0.4 is 10.6 Å². The van der Waals surface area contributed by atoms with E-state index in [1.165, 1.54) is 42.9 Å². The second kappa shape index (κ2) is 6.59. The molecule has 1 amide bonds. The van der Waals surface area contributed by atoms with Crippen LogP contribution in [0.4, 0.5) is 11.5 Å². The van der Waals surface area contributed by atoms with Gasteiger partial charge in [0.15, 0.2) is 5.82 Å². The number of carbonyl (C=O) groups is 1. The molecule has 9 heteroatoms. The topological polar surface area (TPSA) is 133 Å². The van der Waals surface area contributed by atoms with Crippen LogP contribution in [-0.2, 0) is 9.53 Å². The van der Waals surface area contributed by atoms with Crippen LogP contribution in [0.15, 0.2) is 30.6 Å². The van der Waals surface area contributed by atoms with Gasteiger partial charge in [0.05, 0.1) is 34.6 Å². The van der Waals surface area contributed by atoms with E-state index in [9.17, 15) is 15.3 Å². The normalized spacial score (nSPS) is 21.4. The van der Waals surface area contributed by atoms with Crippen LogP contribution in [0.2, 0.25) is 0 Å². The summed E-state index contributed by atoms with van der Waals surface area (Å²) in [6, 6.07) is 9.73. The van der Waals surface area contributed by atoms with Gasteiger partial charge in [-0.15, -0.1) is 0 Å². The zero-order valence-corrected chi connectivity index (χ0v) is 15.5. The summed E-state index contributed by atoms with van der Waals surface area (Å²) in [6.07, 6.45) is 1.21. The van der Waals surface area contributed by atoms with Crippen LogP contribution in [0, 0.1) is 22.7 Å². The number of hydrogen-bond acceptors (Lipinski definition) is 7. The van der Waals surface area contributed by atoms with E-state index in [-0.39, 0.29) is 28.1 Å². The SMILES string of the molecule is [2H]C1([2H])OC(C)(C)C(=O)N(c2cc(-c3cc(C#N)c4c(N)ncnn34)ccc2C#N)C1([2H])[2H]. The Hall–Kier alpha value is -3.95. The number of fused-ring (bicyclic) bond motifs is 1. The van der Waals surface area contributed by atoms with Gasteiger partial charge in [0.2, 0.25) is 0 Å². The molecule has 0 atom stereocenters. The molecule has 0 radical (unpaired) electrons. The van der Waals surface area contributed by atoms with E-state index >= 15 is 0 Å². The maximum absolute atomic E-state index is 13.2. The fourth-order valence-corrected chi connectivity index (χ4v) is 3.06. The molecular weight excluding hydrogens is 370 g/mol. The van der Waals surface area contributed by atoms with Crippen molar-refractivity contribution in [2.45, 2.75) is 19.4 Å². The summed E-state index contributed by atoms with van der Waals surface area (Å²) in [5.74, 6) is -0.781. The Morgan fingerprint density at radius 1 is 1.28 bits per heavy atom. The van der Waals surface area contributed by atoms with Gasteiger partial charge in [0.1, 0.15) is 29.6 Å². The number of nitrogen functional groups attached to an aromatic ring is 1. The highest BCUT2D eigenvalue weighted by Crippen LogP contribution is 2.33. The van der Waals surface area contributed by atoms with Crippen LogP contribution in [0.25, 0.3) is 16.8 Å². The largest absolute Gasteiger partial charge is 0.382 e. The molecule has 2 aromatic heterocycles. The summed E-state index contributed by atoms with van der Waals surface area (Å²) >= 11 is 0. The molecule has 4 rings (SSSR count). The number of ether oxygens (including phenoxy) is 1. The molecule has 0 aliphatic carbocycles. The lowest BCUT2D eigenvalue weighted by Gasteiger charge is -2.37. The number of rotatable bonds is 2. The fraction of sp³-hybridized carbons (Fsp3) is 0.250. The molecular formula is C20H17N7O2. The van der Waals surface area contributed by atoms with Gasteiger partial charge < -0.3 is 15.4 Å². The van der Waals surface area contributed by atoms with Crippen molar-refractivity contribution < 1.29 is 15.0 Å². The Morgan fingerprint density at radius 2 is 2.03 bits per heavy atom. The lowest BCUT2D eigenvalue weighted by molar-refractivity contribution is -0.144. The molecule has 2 N–H and O–H groups in total. The van der Waals surface area contributed by atoms with Crippen LogP contribution in [0.3, 0.4) is 0 Å². The molecule has 0 spiro atoms. The predicted octanol–water partition coefficient (Wildman–Crippen LogP) is 1.86. The summed E-state index contributed by atoms with van der Waals surface area (Å²) in [6.45, 7) is -3.16. The van der Waals surface area contributed by atoms with Crippen LogP contribution in [0.1, 0.15) is 30.5 Å². The van der Waals surface area contributed by atoms with E-state index in [0.717, 1.165) is 0 Å². The number of nitrogens with two attached hydrogens (primary N) is 1. The van der Waals surface area contributed by atoms with Gasteiger partial charge in [-0.3, -0.25) is 4.79 Å². The average Bonchev–Trinajstić information content (AvgIpc) is 3.12. The first-order valence-corrected chi connectivity index (χ1v) is 8.47. The zero-order valence-electron chi connectivity index (χ0n) is 19.5. The third kappa shape index (κ3) is 2.85. The van der Waals surface area contributed by atoms with E-state index in [4.69, 9.17) is 16.0 Å². The molecule has 9 nitrogen and oxygen atoms in total. The van der Waals surface area contributed by atoms with Crippen LogP contribution in [0.5, 0.6) is 0 Å². The van der Waals surface area contributed by atoms with Crippen LogP contribution >= 0.6 is 0 Å². The molecule has 0 saturated carbocycles. The van der Waals surface area contributed by atoms with Crippen molar-refractivity contribution in [3.63, 3.8) is 0 Å². The Labute approximate surface area is 172 Å². The third-order valence-corrected chi connectivity index (χ3v) is 4.54. The Kier molecular flexibility index (Phi) is 3.20. The summed E-state index contributed by atoms with van der Waals surface area (Å²) in [5.41, 5.74) is 5.23. The molecule has 29 heavy (non-hydrogen) atoms. The Morgan fingerprint density at radius 3 is 2.76 bits per heavy atom. The maximum Gasteiger partial charge on any atom is 0.258 e. The van der Waals surface area contributed by atoms with Gasteiger partial charge in [0, 0.05) is 12.1 Å². The molecule has 144 valence electrons. The summed E-state index contributed by atoms with van der Waals surface area (Å²) in [5, 5.41) is 23.3. The van der Waals surface area contributed by atoms with Gasteiger partial charge in [-0.05, 0) is 32.0 Å². The second-order valence-electron chi connectivity index (χ2n) is 6.77. The average molecular weight is 391 g/mol. The summed E-state index contributed by atoms with van der Waals surface area (Å²) in [7, 11) is 0. The lowest BCUT2D eigenvalue weighted by atomic mass is 10.0. The molecule has 0 unspecified atom stereocenters. The number of amides is 1. The number of anilines is 2. The van der Waals surface area contributed by atoms with Gasteiger partial charge in [-0.1, -0.05) is 6.07 Å². The van der Waals surface area contributed by atoms with Crippen molar-refractivity contribution in [1.29, 1.82) is 10.5 Å². The van der Waals surface area contributed by atoms with E-state index in [1.54, 1.807) is 6.07 Å². The number of nitrogens with zero attached hydrogens (tertiary/aromatic N) is 6. The highest BCUT2D eigenvalue weighted by Gasteiger charge is 2.38. The minimum absolute atomic E-state index is 0.0556. The monoisotopic (exact) mass is 391 g/mol. The second-order valence-corrected chi connectivity index (χ2v) is 6.77. The van der Waals surface area contributed by atoms with Crippen LogP contribution in [-0.4, -0.2) is 39.2 Å². The van der Waals surface area contributed by atoms with E-state index in [1.807, 2.05) is 12.1 Å². The standard InChI is InChI=1S/C20H17N7O2/c1-20(2)19(28)26(5-6-29-20)15-7-12(3-4-13(15)9-21)16-8-14(10-22)17-18(23)24-11-25-27(16)17/h3-4,7-8,11H,5-6H2,1-2H3,(H2,23,24,25)/i5D2,6D2. The van der Waals surface area contributed by atoms with Crippen molar-refractivity contribution in [2.75, 3.05) is 23.7 Å². The van der Waals surface area contributed by atoms with E-state index < -0.39 is 24.6 Å². The first-order chi connectivity index (χ1) is 15.4. The highest BCUT2D eigenvalue weighted by atomic mass is 16.5. The van der Waals surface area contributed by atoms with Crippen molar-refractivity contribution >= 4 is 22.9 Å². The number of hydrogen-bond donors (Lipinski definition) is 1. The molecule has 1 aliphatic heterocycles. The van der Waals surface area contributed by atoms with E-state index in [0.29, 0.717) is 16.2 Å². The molecule has 1 aromatic carbocycles. The fourth-order valence-electron chi connectivity index (χ4n) is 3.06. The van der Waals surface area contributed by atoms with Gasteiger partial charge in [-0.25, -0.2) is 9.50 Å². The minimum Gasteiger partial charge on any atom is -0.382 e. The Balaban J connectivity index is 1.99. The summed E-state index contributed by atoms with van der Waals surface area (Å²) < 4.78 is 39.4. The lowest BCUT2D eigenvalue weighted by Crippen LogP contribution is -2.53. The van der Waals surface area contributed by atoms with E-state index in [2.05, 4.69) is 10.1 Å². The van der Waals surface area contributed by atoms with Gasteiger partial charge in [-0.2, -0.15) is 15.6 Å². The number of aromatic nitrogens is 3. The zero-order chi connectivity index (χ0) is 24.3. The predicted molar refractivity (Wildman–Crippen MR) is 105 cm³/mol. The van der Waals surface area contributed by atoms with Crippen molar-refractivity contribution in [1.82, 2.24) is 14.6 Å². The molecule has 1 aliphatic rings. The first-order valence-electron chi connectivity index (χ1n) is 10.5. The quantitative estimate of drug-likeness (QED) is 0.705. The number of nitriles is 2. The number of morpholine rings is 1.